The zero-order valence-electron chi connectivity index (χ0n) is 36.7. The number of hydrogen-bond acceptors (Lipinski definition) is 1. The van der Waals surface area contributed by atoms with Crippen molar-refractivity contribution in [3.63, 3.8) is 0 Å². The minimum atomic E-state index is -0.461. The van der Waals surface area contributed by atoms with Crippen LogP contribution in [0.25, 0.3) is 83.1 Å². The molecule has 15 rings (SSSR count). The second-order valence-electron chi connectivity index (χ2n) is 19.1. The third-order valence-corrected chi connectivity index (χ3v) is 15.7. The van der Waals surface area contributed by atoms with Gasteiger partial charge in [0.25, 0.3) is 0 Å². The molecule has 0 atom stereocenters. The van der Waals surface area contributed by atoms with Gasteiger partial charge in [0.05, 0.1) is 27.8 Å². The van der Waals surface area contributed by atoms with Crippen molar-refractivity contribution in [2.75, 3.05) is 4.90 Å². The van der Waals surface area contributed by atoms with Crippen LogP contribution in [0.2, 0.25) is 0 Å². The Hall–Kier alpha value is -8.20. The van der Waals surface area contributed by atoms with Crippen LogP contribution in [-0.2, 0) is 10.8 Å². The summed E-state index contributed by atoms with van der Waals surface area (Å²) >= 11 is 0. The van der Waals surface area contributed by atoms with Crippen molar-refractivity contribution >= 4 is 38.9 Å². The van der Waals surface area contributed by atoms with Crippen LogP contribution >= 0.6 is 0 Å². The molecular formula is C64H42N2. The molecule has 2 heteroatoms. The summed E-state index contributed by atoms with van der Waals surface area (Å²) in [6.07, 6.45) is 0. The minimum Gasteiger partial charge on any atom is -0.310 e. The number of anilines is 3. The van der Waals surface area contributed by atoms with E-state index < -0.39 is 5.41 Å². The Labute approximate surface area is 384 Å². The van der Waals surface area contributed by atoms with E-state index in [2.05, 4.69) is 242 Å². The van der Waals surface area contributed by atoms with Crippen molar-refractivity contribution in [2.24, 2.45) is 0 Å². The molecule has 1 aromatic heterocycles. The SMILES string of the molecule is CC1(C)c2cccc3c2-c2c1ccc1c4ccc(N(c5ccc6c(c5)C5(c7ccccc7-c7ccccc75)c5ccccc5-6)c5ccccc5-c5ccccc5)cc4n(c21)-c1ccccc1-3. The summed E-state index contributed by atoms with van der Waals surface area (Å²) in [6.45, 7) is 4.80. The van der Waals surface area contributed by atoms with Gasteiger partial charge in [0.1, 0.15) is 0 Å². The number of nitrogens with zero attached hydrogens (tertiary/aromatic N) is 2. The predicted octanol–water partition coefficient (Wildman–Crippen LogP) is 16.6. The molecule has 0 fully saturated rings. The van der Waals surface area contributed by atoms with Crippen molar-refractivity contribution < 1.29 is 0 Å². The van der Waals surface area contributed by atoms with E-state index in [1.165, 1.54) is 117 Å². The third-order valence-electron chi connectivity index (χ3n) is 15.7. The standard InChI is InChI=1S/C64H42N2/c1-63(2)54-28-16-24-49-47-23-10-15-30-58(47)66-59-38-41(32-34-48(59)50-35-36-55(63)61(60(49)54)62(50)66)65(57-29-14-9-19-42(57)39-17-4-3-5-18-39)40-31-33-46-45-22-8-13-27-53(45)64(56(46)37-40)51-25-11-6-20-43(51)44-21-7-12-26-52(44)64/h3-38H,1-2H3. The van der Waals surface area contributed by atoms with Crippen LogP contribution in [-0.4, -0.2) is 4.57 Å². The predicted molar refractivity (Wildman–Crippen MR) is 274 cm³/mol. The van der Waals surface area contributed by atoms with Crippen LogP contribution in [0.1, 0.15) is 47.2 Å². The fraction of sp³-hybridized carbons (Fsp3) is 0.0625. The van der Waals surface area contributed by atoms with E-state index in [9.17, 15) is 0 Å². The van der Waals surface area contributed by atoms with E-state index in [1.54, 1.807) is 0 Å². The van der Waals surface area contributed by atoms with Crippen LogP contribution in [0, 0.1) is 0 Å². The molecule has 2 heterocycles. The Morgan fingerprint density at radius 3 is 1.62 bits per heavy atom. The molecule has 0 N–H and O–H groups in total. The average Bonchev–Trinajstić information content (AvgIpc) is 4.01. The van der Waals surface area contributed by atoms with Crippen LogP contribution in [0.5, 0.6) is 0 Å². The molecule has 0 amide bonds. The molecule has 11 aromatic rings. The van der Waals surface area contributed by atoms with E-state index in [0.29, 0.717) is 0 Å². The summed E-state index contributed by atoms with van der Waals surface area (Å²) in [5.41, 5.74) is 27.6. The summed E-state index contributed by atoms with van der Waals surface area (Å²) in [7, 11) is 0. The van der Waals surface area contributed by atoms with Crippen LogP contribution in [0.4, 0.5) is 17.1 Å². The first-order valence-electron chi connectivity index (χ1n) is 23.3. The fourth-order valence-electron chi connectivity index (χ4n) is 13.0. The Balaban J connectivity index is 1.04. The maximum absolute atomic E-state index is 2.59. The van der Waals surface area contributed by atoms with Gasteiger partial charge in [0, 0.05) is 44.3 Å². The third kappa shape index (κ3) is 4.37. The second kappa shape index (κ2) is 12.7. The van der Waals surface area contributed by atoms with E-state index in [-0.39, 0.29) is 5.41 Å². The summed E-state index contributed by atoms with van der Waals surface area (Å²) in [5.74, 6) is 0. The maximum atomic E-state index is 2.59. The maximum Gasteiger partial charge on any atom is 0.0726 e. The van der Waals surface area contributed by atoms with Gasteiger partial charge < -0.3 is 9.47 Å². The summed E-state index contributed by atoms with van der Waals surface area (Å²) in [6, 6.07) is 82.4. The molecule has 0 bridgehead atoms. The van der Waals surface area contributed by atoms with Gasteiger partial charge in [-0.3, -0.25) is 0 Å². The largest absolute Gasteiger partial charge is 0.310 e. The van der Waals surface area contributed by atoms with Crippen LogP contribution in [0.3, 0.4) is 0 Å². The number of benzene rings is 10. The van der Waals surface area contributed by atoms with E-state index in [4.69, 9.17) is 0 Å². The molecule has 3 aliphatic carbocycles. The molecule has 0 saturated heterocycles. The highest BCUT2D eigenvalue weighted by Crippen LogP contribution is 2.64. The first-order chi connectivity index (χ1) is 32.5. The molecule has 10 aromatic carbocycles. The van der Waals surface area contributed by atoms with Gasteiger partial charge in [0.15, 0.2) is 0 Å². The molecule has 1 spiro atoms. The minimum absolute atomic E-state index is 0.115. The lowest BCUT2D eigenvalue weighted by atomic mass is 9.70. The highest BCUT2D eigenvalue weighted by molar-refractivity contribution is 6.19. The highest BCUT2D eigenvalue weighted by atomic mass is 15.1. The van der Waals surface area contributed by atoms with Crippen molar-refractivity contribution in [2.45, 2.75) is 24.7 Å². The summed E-state index contributed by atoms with van der Waals surface area (Å²) in [4.78, 5) is 2.53. The van der Waals surface area contributed by atoms with E-state index in [1.807, 2.05) is 0 Å². The second-order valence-corrected chi connectivity index (χ2v) is 19.1. The molecule has 0 saturated carbocycles. The first kappa shape index (κ1) is 36.2. The van der Waals surface area contributed by atoms with Gasteiger partial charge in [-0.15, -0.1) is 0 Å². The quantitative estimate of drug-likeness (QED) is 0.171. The molecular weight excluding hydrogens is 797 g/mol. The van der Waals surface area contributed by atoms with Gasteiger partial charge in [-0.1, -0.05) is 196 Å². The van der Waals surface area contributed by atoms with Crippen LogP contribution < -0.4 is 4.90 Å². The van der Waals surface area contributed by atoms with Crippen molar-refractivity contribution in [3.8, 4) is 61.3 Å². The van der Waals surface area contributed by atoms with Crippen LogP contribution in [0.15, 0.2) is 218 Å². The zero-order chi connectivity index (χ0) is 43.5. The topological polar surface area (TPSA) is 8.17 Å². The molecule has 1 aliphatic heterocycles. The van der Waals surface area contributed by atoms with Crippen molar-refractivity contribution in [3.05, 3.63) is 252 Å². The Morgan fingerprint density at radius 2 is 0.894 bits per heavy atom. The summed E-state index contributed by atoms with van der Waals surface area (Å²) in [5, 5.41) is 2.55. The molecule has 66 heavy (non-hydrogen) atoms. The zero-order valence-corrected chi connectivity index (χ0v) is 36.7. The van der Waals surface area contributed by atoms with Crippen molar-refractivity contribution in [1.29, 1.82) is 0 Å². The molecule has 4 aliphatic rings. The van der Waals surface area contributed by atoms with Gasteiger partial charge >= 0.3 is 0 Å². The monoisotopic (exact) mass is 838 g/mol. The van der Waals surface area contributed by atoms with Gasteiger partial charge in [0.2, 0.25) is 0 Å². The number of hydrogen-bond donors (Lipinski definition) is 0. The van der Waals surface area contributed by atoms with Gasteiger partial charge in [-0.05, 0) is 109 Å². The summed E-state index contributed by atoms with van der Waals surface area (Å²) < 4.78 is 2.59. The number of para-hydroxylation sites is 2. The van der Waals surface area contributed by atoms with Gasteiger partial charge in [-0.25, -0.2) is 0 Å². The fourth-order valence-corrected chi connectivity index (χ4v) is 13.0. The lowest BCUT2D eigenvalue weighted by molar-refractivity contribution is 0.661. The molecule has 2 nitrogen and oxygen atoms in total. The highest BCUT2D eigenvalue weighted by Gasteiger charge is 2.52. The smallest absolute Gasteiger partial charge is 0.0726 e. The molecule has 308 valence electrons. The number of aromatic nitrogens is 1. The molecule has 0 unspecified atom stereocenters. The number of fused-ring (bicyclic) bond motifs is 16. The molecule has 0 radical (unpaired) electrons. The van der Waals surface area contributed by atoms with E-state index in [0.717, 1.165) is 17.1 Å². The van der Waals surface area contributed by atoms with Gasteiger partial charge in [-0.2, -0.15) is 0 Å². The van der Waals surface area contributed by atoms with Crippen molar-refractivity contribution in [1.82, 2.24) is 4.57 Å². The Morgan fingerprint density at radius 1 is 0.364 bits per heavy atom. The Bertz CT molecular complexity index is 3860. The Kier molecular flexibility index (Phi) is 6.98. The first-order valence-corrected chi connectivity index (χ1v) is 23.3. The normalized spacial score (nSPS) is 14.5. The lowest BCUT2D eigenvalue weighted by Gasteiger charge is -2.32. The number of rotatable bonds is 4. The average molecular weight is 839 g/mol. The van der Waals surface area contributed by atoms with E-state index >= 15 is 0 Å². The lowest BCUT2D eigenvalue weighted by Crippen LogP contribution is -2.26.